The molecule has 0 bridgehead atoms. The molecule has 0 spiro atoms. The van der Waals surface area contributed by atoms with E-state index in [1.165, 1.54) is 5.57 Å². The van der Waals surface area contributed by atoms with Gasteiger partial charge in [0.15, 0.2) is 11.5 Å². The zero-order chi connectivity index (χ0) is 43.1. The van der Waals surface area contributed by atoms with Crippen molar-refractivity contribution in [3.63, 3.8) is 0 Å². The average Bonchev–Trinajstić information content (AvgIpc) is 3.80. The molecule has 0 radical (unpaired) electrons. The Morgan fingerprint density at radius 3 is 2.44 bits per heavy atom. The zero-order valence-electron chi connectivity index (χ0n) is 35.9. The number of ether oxygens (including phenoxy) is 5. The third kappa shape index (κ3) is 10.5. The number of thioether (sulfide) groups is 1. The van der Waals surface area contributed by atoms with Gasteiger partial charge in [0.05, 0.1) is 86.1 Å². The van der Waals surface area contributed by atoms with Crippen LogP contribution < -0.4 is 24.4 Å². The lowest BCUT2D eigenvalue weighted by Gasteiger charge is -2.33. The molecule has 2 atom stereocenters. The molecule has 7 rings (SSSR count). The number of carbonyl (C=O) groups is 2. The van der Waals surface area contributed by atoms with E-state index < -0.39 is 0 Å². The largest absolute Gasteiger partial charge is 0.493 e. The summed E-state index contributed by atoms with van der Waals surface area (Å²) in [4.78, 5) is 43.0. The molecule has 14 nitrogen and oxygen atoms in total. The van der Waals surface area contributed by atoms with Crippen LogP contribution in [0.3, 0.4) is 0 Å². The summed E-state index contributed by atoms with van der Waals surface area (Å²) in [5, 5.41) is 12.5. The molecule has 4 aliphatic heterocycles. The van der Waals surface area contributed by atoms with Crippen molar-refractivity contribution in [1.29, 1.82) is 0 Å². The van der Waals surface area contributed by atoms with Crippen LogP contribution in [-0.4, -0.2) is 134 Å². The van der Waals surface area contributed by atoms with Gasteiger partial charge in [-0.2, -0.15) is 11.8 Å². The fourth-order valence-electron chi connectivity index (χ4n) is 8.05. The maximum absolute atomic E-state index is 13.7. The van der Waals surface area contributed by atoms with Crippen molar-refractivity contribution < 1.29 is 38.4 Å². The van der Waals surface area contributed by atoms with Crippen molar-refractivity contribution in [3.8, 4) is 17.2 Å². The molecule has 0 aliphatic carbocycles. The monoisotopic (exact) mass is 854 g/mol. The van der Waals surface area contributed by atoms with Gasteiger partial charge in [-0.05, 0) is 70.2 Å². The lowest BCUT2D eigenvalue weighted by molar-refractivity contribution is 0.0351. The molecule has 2 N–H and O–H groups in total. The normalized spacial score (nSPS) is 18.9. The van der Waals surface area contributed by atoms with Crippen molar-refractivity contribution in [2.24, 2.45) is 4.99 Å². The van der Waals surface area contributed by atoms with Crippen molar-refractivity contribution in [1.82, 2.24) is 14.8 Å². The Morgan fingerprint density at radius 1 is 0.951 bits per heavy atom. The van der Waals surface area contributed by atoms with Crippen LogP contribution in [0.5, 0.6) is 17.2 Å². The number of aliphatic imine (C=N–C) groups is 1. The number of hydrogen-bond acceptors (Lipinski definition) is 13. The number of hydrogen-bond donors (Lipinski definition) is 2. The van der Waals surface area contributed by atoms with Crippen LogP contribution in [0.15, 0.2) is 71.3 Å². The van der Waals surface area contributed by atoms with E-state index in [1.807, 2.05) is 53.3 Å². The van der Waals surface area contributed by atoms with E-state index in [9.17, 15) is 9.59 Å². The standard InChI is InChI=1S/C46H58N6O8S/c1-7-31-17-36-24-48-41-22-43(42(56-5)21-39(41)45(55)52(36)26-31)60-28-33-19-34(50(29-46(3,4)61-6)10-12-57-14-15-58-13-11-53)18-32(49-33)27-59-37-8-9-38-40(20-37)47-23-35-16-30(2)25-51(35)44(38)54/h7-9,18-22,24,35-36,47,53H,2,10-17,23,25-29H2,1,3-6H3/b31-7+/t35-,36-/m0/s1. The van der Waals surface area contributed by atoms with Crippen molar-refractivity contribution in [2.45, 2.75) is 63.7 Å². The number of amides is 2. The first-order chi connectivity index (χ1) is 29.5. The van der Waals surface area contributed by atoms with Gasteiger partial charge in [0.25, 0.3) is 11.8 Å². The number of carbonyl (C=O) groups excluding carboxylic acids is 2. The predicted octanol–water partition coefficient (Wildman–Crippen LogP) is 6.29. The number of nitrogens with zero attached hydrogens (tertiary/aromatic N) is 5. The SMILES string of the molecule is C=C1C[C@H]2CNc3cc(OCc4cc(N(CCOCCOCCO)CC(C)(C)SC)cc(COc5cc6c(cc5OC)C(=O)N5C/C(=C/C)C[C@H]5C=N6)n4)ccc3C(=O)N2C1. The first-order valence-electron chi connectivity index (χ1n) is 20.9. The summed E-state index contributed by atoms with van der Waals surface area (Å²) in [5.74, 6) is 1.39. The molecule has 2 fully saturated rings. The van der Waals surface area contributed by atoms with Crippen LogP contribution in [-0.2, 0) is 22.7 Å². The van der Waals surface area contributed by atoms with Gasteiger partial charge in [-0.25, -0.2) is 0 Å². The lowest BCUT2D eigenvalue weighted by Crippen LogP contribution is -2.39. The summed E-state index contributed by atoms with van der Waals surface area (Å²) < 4.78 is 29.9. The van der Waals surface area contributed by atoms with E-state index in [-0.39, 0.29) is 55.1 Å². The molecule has 5 heterocycles. The molecule has 2 aromatic carbocycles. The average molecular weight is 855 g/mol. The number of anilines is 2. The highest BCUT2D eigenvalue weighted by molar-refractivity contribution is 7.99. The molecule has 4 aliphatic rings. The van der Waals surface area contributed by atoms with Gasteiger partial charge in [-0.1, -0.05) is 23.8 Å². The summed E-state index contributed by atoms with van der Waals surface area (Å²) in [6.07, 6.45) is 7.59. The molecular formula is C46H58N6O8S. The molecule has 61 heavy (non-hydrogen) atoms. The first-order valence-corrected chi connectivity index (χ1v) is 22.1. The van der Waals surface area contributed by atoms with Crippen LogP contribution in [0.2, 0.25) is 0 Å². The minimum Gasteiger partial charge on any atom is -0.493 e. The van der Waals surface area contributed by atoms with Crippen LogP contribution in [0, 0.1) is 0 Å². The minimum absolute atomic E-state index is 0.00280. The van der Waals surface area contributed by atoms with Gasteiger partial charge in [0.2, 0.25) is 0 Å². The summed E-state index contributed by atoms with van der Waals surface area (Å²) in [6, 6.07) is 13.1. The van der Waals surface area contributed by atoms with Crippen molar-refractivity contribution in [2.75, 3.05) is 89.3 Å². The Labute approximate surface area is 362 Å². The molecule has 1 aromatic heterocycles. The second-order valence-electron chi connectivity index (χ2n) is 16.3. The Bertz CT molecular complexity index is 2160. The number of benzene rings is 2. The van der Waals surface area contributed by atoms with E-state index in [2.05, 4.69) is 43.0 Å². The molecule has 2 saturated heterocycles. The number of aromatic nitrogens is 1. The zero-order valence-corrected chi connectivity index (χ0v) is 36.7. The Kier molecular flexibility index (Phi) is 14.2. The number of fused-ring (bicyclic) bond motifs is 4. The second kappa shape index (κ2) is 19.7. The smallest absolute Gasteiger partial charge is 0.257 e. The summed E-state index contributed by atoms with van der Waals surface area (Å²) in [7, 11) is 1.56. The summed E-state index contributed by atoms with van der Waals surface area (Å²) >= 11 is 1.78. The molecule has 0 saturated carbocycles. The summed E-state index contributed by atoms with van der Waals surface area (Å²) in [6.45, 7) is 15.4. The van der Waals surface area contributed by atoms with E-state index in [1.54, 1.807) is 31.0 Å². The van der Waals surface area contributed by atoms with E-state index in [0.717, 1.165) is 36.3 Å². The number of aliphatic hydroxyl groups is 1. The van der Waals surface area contributed by atoms with Crippen LogP contribution >= 0.6 is 11.8 Å². The van der Waals surface area contributed by atoms with Gasteiger partial charge in [-0.15, -0.1) is 0 Å². The van der Waals surface area contributed by atoms with Crippen molar-refractivity contribution in [3.05, 3.63) is 88.8 Å². The minimum atomic E-state index is -0.0961. The van der Waals surface area contributed by atoms with Crippen LogP contribution in [0.1, 0.15) is 65.7 Å². The third-order valence-corrected chi connectivity index (χ3v) is 12.7. The van der Waals surface area contributed by atoms with Gasteiger partial charge in [-0.3, -0.25) is 19.6 Å². The van der Waals surface area contributed by atoms with Crippen molar-refractivity contribution >= 4 is 46.9 Å². The highest BCUT2D eigenvalue weighted by atomic mass is 32.2. The van der Waals surface area contributed by atoms with E-state index in [4.69, 9.17) is 38.8 Å². The highest BCUT2D eigenvalue weighted by Gasteiger charge is 2.36. The second-order valence-corrected chi connectivity index (χ2v) is 17.8. The van der Waals surface area contributed by atoms with Gasteiger partial charge in [0, 0.05) is 61.5 Å². The number of methoxy groups -OCH3 is 1. The topological polar surface area (TPSA) is 148 Å². The first kappa shape index (κ1) is 44.0. The molecule has 15 heteroatoms. The number of aliphatic hydroxyl groups excluding tert-OH is 1. The predicted molar refractivity (Wildman–Crippen MR) is 239 cm³/mol. The fourth-order valence-corrected chi connectivity index (χ4v) is 8.33. The summed E-state index contributed by atoms with van der Waals surface area (Å²) in [5.41, 5.74) is 6.92. The Balaban J connectivity index is 1.14. The van der Waals surface area contributed by atoms with Gasteiger partial charge < -0.3 is 48.8 Å². The maximum atomic E-state index is 13.7. The number of rotatable bonds is 19. The molecule has 326 valence electrons. The molecular weight excluding hydrogens is 797 g/mol. The molecule has 0 unspecified atom stereocenters. The molecule has 2 amide bonds. The number of pyridine rings is 1. The van der Waals surface area contributed by atoms with Gasteiger partial charge in [0.1, 0.15) is 19.0 Å². The fraction of sp³-hybridized carbons (Fsp3) is 0.478. The van der Waals surface area contributed by atoms with Crippen LogP contribution in [0.4, 0.5) is 17.1 Å². The quantitative estimate of drug-likeness (QED) is 0.103. The lowest BCUT2D eigenvalue weighted by atomic mass is 10.1. The molecule has 3 aromatic rings. The number of nitrogens with one attached hydrogen (secondary N) is 1. The highest BCUT2D eigenvalue weighted by Crippen LogP contribution is 2.39. The maximum Gasteiger partial charge on any atom is 0.257 e. The van der Waals surface area contributed by atoms with Crippen LogP contribution in [0.25, 0.3) is 0 Å². The van der Waals surface area contributed by atoms with E-state index in [0.29, 0.717) is 91.5 Å². The third-order valence-electron chi connectivity index (χ3n) is 11.5. The number of allylic oxidation sites excluding steroid dienone is 1. The van der Waals surface area contributed by atoms with Gasteiger partial charge >= 0.3 is 0 Å². The Hall–Kier alpha value is -5.09. The Morgan fingerprint density at radius 2 is 1.70 bits per heavy atom. The van der Waals surface area contributed by atoms with E-state index >= 15 is 0 Å².